The lowest BCUT2D eigenvalue weighted by Crippen LogP contribution is -2.12. The lowest BCUT2D eigenvalue weighted by atomic mass is 9.99. The van der Waals surface area contributed by atoms with Crippen LogP contribution in [0.25, 0.3) is 0 Å². The molecule has 0 aliphatic carbocycles. The topological polar surface area (TPSA) is 63.6 Å². The molecule has 5 heteroatoms. The molecule has 0 bridgehead atoms. The number of allylic oxidation sites excluding steroid dienone is 1. The summed E-state index contributed by atoms with van der Waals surface area (Å²) in [6, 6.07) is 0. The number of unbranched alkanes of at least 4 members (excludes halogenated alkanes) is 13. The Morgan fingerprint density at radius 3 is 1.74 bits per heavy atom. The summed E-state index contributed by atoms with van der Waals surface area (Å²) in [4.78, 5) is 0. The normalized spacial score (nSPS) is 13.4. The van der Waals surface area contributed by atoms with E-state index in [1.165, 1.54) is 70.6 Å². The van der Waals surface area contributed by atoms with Gasteiger partial charge in [0.15, 0.2) is 0 Å². The molecule has 0 heterocycles. The summed E-state index contributed by atoms with van der Waals surface area (Å²) >= 11 is 0. The Morgan fingerprint density at radius 2 is 1.26 bits per heavy atom. The van der Waals surface area contributed by atoms with Crippen molar-refractivity contribution in [2.24, 2.45) is 5.92 Å². The molecule has 0 aromatic carbocycles. The minimum atomic E-state index is -4.34. The first-order valence-electron chi connectivity index (χ1n) is 11.3. The molecule has 27 heavy (non-hydrogen) atoms. The fraction of sp³-hybridized carbons (Fsp3) is 0.909. The maximum atomic E-state index is 10.8. The van der Waals surface area contributed by atoms with Gasteiger partial charge in [-0.1, -0.05) is 116 Å². The zero-order valence-electron chi connectivity index (χ0n) is 17.8. The van der Waals surface area contributed by atoms with E-state index in [2.05, 4.69) is 30.2 Å². The minimum Gasteiger partial charge on any atom is -0.264 e. The van der Waals surface area contributed by atoms with Crippen LogP contribution in [0.5, 0.6) is 0 Å². The molecule has 0 aliphatic heterocycles. The van der Waals surface area contributed by atoms with Crippen molar-refractivity contribution >= 4 is 10.4 Å². The summed E-state index contributed by atoms with van der Waals surface area (Å²) in [5, 5.41) is 0. The largest absolute Gasteiger partial charge is 0.397 e. The number of hydrogen-bond acceptors (Lipinski definition) is 3. The van der Waals surface area contributed by atoms with Crippen LogP contribution < -0.4 is 0 Å². The average Bonchev–Trinajstić information content (AvgIpc) is 2.62. The van der Waals surface area contributed by atoms with Crippen LogP contribution in [0.15, 0.2) is 12.2 Å². The van der Waals surface area contributed by atoms with Crippen molar-refractivity contribution in [3.05, 3.63) is 12.2 Å². The Bertz CT molecular complexity index is 432. The minimum absolute atomic E-state index is 0.0412. The molecular weight excluding hydrogens is 360 g/mol. The summed E-state index contributed by atoms with van der Waals surface area (Å²) < 4.78 is 34.9. The molecule has 1 atom stereocenters. The van der Waals surface area contributed by atoms with Crippen molar-refractivity contribution in [3.63, 3.8) is 0 Å². The van der Waals surface area contributed by atoms with Crippen LogP contribution in [0, 0.1) is 5.92 Å². The van der Waals surface area contributed by atoms with Crippen LogP contribution in [0.2, 0.25) is 0 Å². The van der Waals surface area contributed by atoms with E-state index in [0.717, 1.165) is 32.1 Å². The van der Waals surface area contributed by atoms with E-state index in [9.17, 15) is 8.42 Å². The molecule has 0 saturated carbocycles. The van der Waals surface area contributed by atoms with Crippen molar-refractivity contribution in [2.75, 3.05) is 6.61 Å². The highest BCUT2D eigenvalue weighted by molar-refractivity contribution is 7.80. The predicted octanol–water partition coefficient (Wildman–Crippen LogP) is 7.26. The van der Waals surface area contributed by atoms with Crippen molar-refractivity contribution in [1.82, 2.24) is 0 Å². The molecule has 0 radical (unpaired) electrons. The summed E-state index contributed by atoms with van der Waals surface area (Å²) in [6.45, 7) is 4.45. The molecule has 0 aromatic rings. The standard InChI is InChI=1S/C22H44O4S/c1-3-5-7-9-10-11-12-13-14-15-16-18-20-22(19-17-8-6-4-2)21-26-27(23,24)25/h17,19,22H,3-16,18,20-21H2,1-2H3,(H,23,24,25)/b19-17+. The predicted molar refractivity (Wildman–Crippen MR) is 115 cm³/mol. The number of rotatable bonds is 20. The second-order valence-electron chi connectivity index (χ2n) is 7.72. The van der Waals surface area contributed by atoms with Crippen molar-refractivity contribution < 1.29 is 17.2 Å². The molecule has 0 saturated heterocycles. The zero-order chi connectivity index (χ0) is 20.2. The lowest BCUT2D eigenvalue weighted by molar-refractivity contribution is 0.234. The first kappa shape index (κ1) is 26.6. The Balaban J connectivity index is 3.74. The fourth-order valence-electron chi connectivity index (χ4n) is 3.27. The van der Waals surface area contributed by atoms with Crippen molar-refractivity contribution in [3.8, 4) is 0 Å². The van der Waals surface area contributed by atoms with Gasteiger partial charge in [0.25, 0.3) is 0 Å². The van der Waals surface area contributed by atoms with Gasteiger partial charge < -0.3 is 0 Å². The van der Waals surface area contributed by atoms with Gasteiger partial charge >= 0.3 is 10.4 Å². The van der Waals surface area contributed by atoms with Gasteiger partial charge in [-0.3, -0.25) is 4.55 Å². The molecule has 162 valence electrons. The lowest BCUT2D eigenvalue weighted by Gasteiger charge is -2.12. The van der Waals surface area contributed by atoms with Crippen LogP contribution in [-0.2, 0) is 14.6 Å². The molecule has 0 rings (SSSR count). The van der Waals surface area contributed by atoms with Gasteiger partial charge in [-0.15, -0.1) is 0 Å². The summed E-state index contributed by atoms with van der Waals surface area (Å²) in [6.07, 6.45) is 24.1. The van der Waals surface area contributed by atoms with Crippen LogP contribution >= 0.6 is 0 Å². The quantitative estimate of drug-likeness (QED) is 0.132. The molecule has 0 spiro atoms. The van der Waals surface area contributed by atoms with E-state index in [1.54, 1.807) is 0 Å². The molecule has 1 N–H and O–H groups in total. The van der Waals surface area contributed by atoms with Crippen molar-refractivity contribution in [2.45, 2.75) is 117 Å². The van der Waals surface area contributed by atoms with Gasteiger partial charge in [-0.25, -0.2) is 4.18 Å². The monoisotopic (exact) mass is 404 g/mol. The first-order valence-corrected chi connectivity index (χ1v) is 12.6. The van der Waals surface area contributed by atoms with Gasteiger partial charge in [0.05, 0.1) is 6.61 Å². The zero-order valence-corrected chi connectivity index (χ0v) is 18.6. The maximum Gasteiger partial charge on any atom is 0.397 e. The Labute approximate surface area is 169 Å². The molecule has 1 unspecified atom stereocenters. The van der Waals surface area contributed by atoms with E-state index in [4.69, 9.17) is 4.55 Å². The van der Waals surface area contributed by atoms with Gasteiger partial charge in [-0.2, -0.15) is 8.42 Å². The molecule has 0 aromatic heterocycles. The molecular formula is C22H44O4S. The van der Waals surface area contributed by atoms with Crippen LogP contribution in [0.4, 0.5) is 0 Å². The third-order valence-corrected chi connectivity index (χ3v) is 5.43. The first-order chi connectivity index (χ1) is 13.0. The van der Waals surface area contributed by atoms with E-state index >= 15 is 0 Å². The molecule has 4 nitrogen and oxygen atoms in total. The van der Waals surface area contributed by atoms with Crippen LogP contribution in [-0.4, -0.2) is 19.6 Å². The molecule has 0 fully saturated rings. The van der Waals surface area contributed by atoms with E-state index < -0.39 is 10.4 Å². The highest BCUT2D eigenvalue weighted by atomic mass is 32.3. The molecule has 0 aliphatic rings. The van der Waals surface area contributed by atoms with E-state index in [-0.39, 0.29) is 12.5 Å². The Morgan fingerprint density at radius 1 is 0.778 bits per heavy atom. The maximum absolute atomic E-state index is 10.8. The fourth-order valence-corrected chi connectivity index (χ4v) is 3.61. The van der Waals surface area contributed by atoms with E-state index in [1.807, 2.05) is 0 Å². The molecule has 0 amide bonds. The third-order valence-electron chi connectivity index (χ3n) is 4.99. The third kappa shape index (κ3) is 21.8. The van der Waals surface area contributed by atoms with Gasteiger partial charge in [0.1, 0.15) is 0 Å². The summed E-state index contributed by atoms with van der Waals surface area (Å²) in [7, 11) is -4.34. The summed E-state index contributed by atoms with van der Waals surface area (Å²) in [5.74, 6) is 0.0619. The summed E-state index contributed by atoms with van der Waals surface area (Å²) in [5.41, 5.74) is 0. The van der Waals surface area contributed by atoms with Gasteiger partial charge in [0, 0.05) is 5.92 Å². The smallest absolute Gasteiger partial charge is 0.264 e. The second kappa shape index (κ2) is 18.9. The SMILES string of the molecule is CCCC/C=C/C(CCCCCCCCCCCCCC)COS(=O)(=O)O. The van der Waals surface area contributed by atoms with Gasteiger partial charge in [-0.05, 0) is 12.8 Å². The second-order valence-corrected chi connectivity index (χ2v) is 8.81. The average molecular weight is 405 g/mol. The Kier molecular flexibility index (Phi) is 18.7. The highest BCUT2D eigenvalue weighted by Crippen LogP contribution is 2.16. The van der Waals surface area contributed by atoms with Gasteiger partial charge in [0.2, 0.25) is 0 Å². The van der Waals surface area contributed by atoms with Crippen LogP contribution in [0.3, 0.4) is 0 Å². The van der Waals surface area contributed by atoms with Crippen molar-refractivity contribution in [1.29, 1.82) is 0 Å². The Hall–Kier alpha value is -0.390. The number of hydrogen-bond donors (Lipinski definition) is 1. The van der Waals surface area contributed by atoms with Crippen LogP contribution in [0.1, 0.15) is 117 Å². The highest BCUT2D eigenvalue weighted by Gasteiger charge is 2.11. The van der Waals surface area contributed by atoms with E-state index in [0.29, 0.717) is 0 Å².